The van der Waals surface area contributed by atoms with Crippen LogP contribution in [-0.4, -0.2) is 104 Å². The predicted molar refractivity (Wildman–Crippen MR) is 186 cm³/mol. The van der Waals surface area contributed by atoms with E-state index >= 15 is 0 Å². The fourth-order valence-electron chi connectivity index (χ4n) is 5.50. The first-order valence-electron chi connectivity index (χ1n) is 16.4. The number of hydrogen-bond donors (Lipinski definition) is 7. The number of benzene rings is 1. The minimum atomic E-state index is -4.77. The molecule has 0 saturated carbocycles. The summed E-state index contributed by atoms with van der Waals surface area (Å²) in [5.74, 6) is -4.06. The van der Waals surface area contributed by atoms with Crippen LogP contribution in [0.3, 0.4) is 0 Å². The summed E-state index contributed by atoms with van der Waals surface area (Å²) < 4.78 is 15.7. The van der Waals surface area contributed by atoms with Gasteiger partial charge in [0.25, 0.3) is 0 Å². The SMILES string of the molecule is CSCC[C@H](NC(=O)[C@@H]1CCCN1C(=O)[C@@H](NC(=O)[C@H](Cc1ccc(OP(=O)(O)O)cc1)NC(C)=O)C(C)C)C(=O)N[C@@H](CC(C)C)C(=O)O. The van der Waals surface area contributed by atoms with Crippen LogP contribution in [0.25, 0.3) is 0 Å². The van der Waals surface area contributed by atoms with Crippen molar-refractivity contribution in [3.05, 3.63) is 29.8 Å². The number of hydrogen-bond acceptors (Lipinski definition) is 9. The second kappa shape index (κ2) is 19.7. The van der Waals surface area contributed by atoms with E-state index in [1.54, 1.807) is 13.8 Å². The van der Waals surface area contributed by atoms with Crippen LogP contribution in [0.1, 0.15) is 65.9 Å². The number of nitrogens with one attached hydrogen (secondary N) is 4. The van der Waals surface area contributed by atoms with Crippen LogP contribution in [0.2, 0.25) is 0 Å². The lowest BCUT2D eigenvalue weighted by Crippen LogP contribution is -2.59. The molecule has 1 aromatic carbocycles. The van der Waals surface area contributed by atoms with Crippen molar-refractivity contribution >= 4 is 55.1 Å². The zero-order valence-electron chi connectivity index (χ0n) is 29.2. The van der Waals surface area contributed by atoms with Crippen LogP contribution >= 0.6 is 19.6 Å². The summed E-state index contributed by atoms with van der Waals surface area (Å²) in [6.45, 7) is 8.57. The zero-order chi connectivity index (χ0) is 37.8. The Morgan fingerprint density at radius 2 is 1.56 bits per heavy atom. The molecule has 18 heteroatoms. The molecule has 1 aliphatic rings. The van der Waals surface area contributed by atoms with Crippen LogP contribution < -0.4 is 25.8 Å². The highest BCUT2D eigenvalue weighted by Gasteiger charge is 2.40. The molecule has 0 aromatic heterocycles. The van der Waals surface area contributed by atoms with E-state index in [2.05, 4.69) is 25.8 Å². The largest absolute Gasteiger partial charge is 0.524 e. The molecule has 1 heterocycles. The Hall–Kier alpha value is -3.66. The third kappa shape index (κ3) is 13.9. The van der Waals surface area contributed by atoms with E-state index in [9.17, 15) is 38.4 Å². The highest BCUT2D eigenvalue weighted by atomic mass is 32.2. The summed E-state index contributed by atoms with van der Waals surface area (Å²) in [4.78, 5) is 97.4. The Balaban J connectivity index is 2.21. The number of carbonyl (C=O) groups is 6. The van der Waals surface area contributed by atoms with Crippen molar-refractivity contribution in [2.24, 2.45) is 11.8 Å². The normalized spacial score (nSPS) is 17.0. The van der Waals surface area contributed by atoms with Crippen LogP contribution in [0.5, 0.6) is 5.75 Å². The Morgan fingerprint density at radius 3 is 2.08 bits per heavy atom. The minimum Gasteiger partial charge on any atom is -0.480 e. The summed E-state index contributed by atoms with van der Waals surface area (Å²) >= 11 is 1.46. The van der Waals surface area contributed by atoms with E-state index in [0.29, 0.717) is 24.2 Å². The van der Waals surface area contributed by atoms with Crippen LogP contribution in [0.15, 0.2) is 24.3 Å². The van der Waals surface area contributed by atoms with Gasteiger partial charge in [-0.05, 0) is 67.2 Å². The molecule has 0 spiro atoms. The van der Waals surface area contributed by atoms with Crippen molar-refractivity contribution in [2.75, 3.05) is 18.6 Å². The smallest absolute Gasteiger partial charge is 0.480 e. The van der Waals surface area contributed by atoms with E-state index < -0.39 is 79.5 Å². The van der Waals surface area contributed by atoms with Gasteiger partial charge in [0.15, 0.2) is 0 Å². The van der Waals surface area contributed by atoms with Crippen molar-refractivity contribution in [1.29, 1.82) is 0 Å². The molecule has 0 bridgehead atoms. The van der Waals surface area contributed by atoms with Crippen molar-refractivity contribution in [1.82, 2.24) is 26.2 Å². The number of phosphoric acid groups is 1. The van der Waals surface area contributed by atoms with E-state index in [0.717, 1.165) is 0 Å². The van der Waals surface area contributed by atoms with Gasteiger partial charge in [0.05, 0.1) is 0 Å². The molecule has 1 aromatic rings. The standard InChI is InChI=1S/C32H50N5O11PS/c1-18(2)16-25(32(43)44)35-28(39)23(13-15-50-6)34-30(41)26-8-7-14-37(26)31(42)27(19(3)4)36-29(40)24(33-20(5)38)17-21-9-11-22(12-10-21)48-49(45,46)47/h9-12,18-19,23-27H,7-8,13-17H2,1-6H3,(H,33,38)(H,34,41)(H,35,39)(H,36,40)(H,43,44)(H2,45,46,47)/t23-,24-,25-,26-,27-/m0/s1. The third-order valence-corrected chi connectivity index (χ3v) is 9.01. The summed E-state index contributed by atoms with van der Waals surface area (Å²) in [6, 6.07) is 0.286. The lowest BCUT2D eigenvalue weighted by atomic mass is 10.00. The molecule has 0 radical (unpaired) electrons. The number of carboxylic acids is 1. The summed E-state index contributed by atoms with van der Waals surface area (Å²) in [5.41, 5.74) is 0.527. The van der Waals surface area contributed by atoms with Gasteiger partial charge >= 0.3 is 13.8 Å². The molecule has 5 amide bonds. The van der Waals surface area contributed by atoms with Crippen molar-refractivity contribution in [2.45, 2.75) is 96.9 Å². The maximum absolute atomic E-state index is 13.9. The number of nitrogens with zero attached hydrogens (tertiary/aromatic N) is 1. The number of phosphoric ester groups is 1. The second-order valence-corrected chi connectivity index (χ2v) is 15.1. The monoisotopic (exact) mass is 743 g/mol. The third-order valence-electron chi connectivity index (χ3n) is 7.92. The lowest BCUT2D eigenvalue weighted by molar-refractivity contribution is -0.144. The molecule has 280 valence electrons. The Morgan fingerprint density at radius 1 is 0.940 bits per heavy atom. The Kier molecular flexibility index (Phi) is 16.7. The minimum absolute atomic E-state index is 0.00102. The van der Waals surface area contributed by atoms with Gasteiger partial charge in [0.1, 0.15) is 36.0 Å². The molecule has 16 nitrogen and oxygen atoms in total. The van der Waals surface area contributed by atoms with Gasteiger partial charge in [-0.1, -0.05) is 39.8 Å². The highest BCUT2D eigenvalue weighted by Crippen LogP contribution is 2.37. The highest BCUT2D eigenvalue weighted by molar-refractivity contribution is 7.98. The summed E-state index contributed by atoms with van der Waals surface area (Å²) in [5, 5.41) is 20.2. The van der Waals surface area contributed by atoms with Crippen LogP contribution in [-0.2, 0) is 39.8 Å². The average molecular weight is 744 g/mol. The first-order valence-corrected chi connectivity index (χ1v) is 19.3. The molecule has 1 saturated heterocycles. The maximum atomic E-state index is 13.9. The molecule has 7 N–H and O–H groups in total. The first kappa shape index (κ1) is 42.5. The van der Waals surface area contributed by atoms with E-state index in [-0.39, 0.29) is 37.5 Å². The van der Waals surface area contributed by atoms with Gasteiger partial charge in [-0.25, -0.2) is 9.36 Å². The molecule has 5 atom stereocenters. The molecule has 50 heavy (non-hydrogen) atoms. The average Bonchev–Trinajstić information content (AvgIpc) is 3.50. The molecule has 1 fully saturated rings. The van der Waals surface area contributed by atoms with Crippen molar-refractivity contribution in [3.63, 3.8) is 0 Å². The Labute approximate surface area is 296 Å². The topological polar surface area (TPSA) is 241 Å². The number of aliphatic carboxylic acids is 1. The predicted octanol–water partition coefficient (Wildman–Crippen LogP) is 1.19. The van der Waals surface area contributed by atoms with E-state index in [1.165, 1.54) is 47.9 Å². The molecule has 0 aliphatic carbocycles. The van der Waals surface area contributed by atoms with Gasteiger partial charge < -0.3 is 35.8 Å². The van der Waals surface area contributed by atoms with Gasteiger partial charge in [-0.2, -0.15) is 11.8 Å². The van der Waals surface area contributed by atoms with Crippen LogP contribution in [0, 0.1) is 11.8 Å². The zero-order valence-corrected chi connectivity index (χ0v) is 30.9. The fraction of sp³-hybridized carbons (Fsp3) is 0.625. The number of carbonyl (C=O) groups excluding carboxylic acids is 5. The van der Waals surface area contributed by atoms with Gasteiger partial charge in [-0.15, -0.1) is 0 Å². The molecular formula is C32H50N5O11PS. The molecule has 2 rings (SSSR count). The number of amides is 5. The molecular weight excluding hydrogens is 693 g/mol. The Bertz CT molecular complexity index is 1410. The summed E-state index contributed by atoms with van der Waals surface area (Å²) in [6.07, 6.45) is 3.08. The van der Waals surface area contributed by atoms with Gasteiger partial charge in [-0.3, -0.25) is 33.8 Å². The van der Waals surface area contributed by atoms with Crippen LogP contribution in [0.4, 0.5) is 0 Å². The number of carboxylic acid groups (broad SMARTS) is 1. The molecule has 0 unspecified atom stereocenters. The number of rotatable bonds is 19. The number of likely N-dealkylation sites (tertiary alicyclic amines) is 1. The van der Waals surface area contributed by atoms with Crippen molar-refractivity contribution < 1.29 is 52.7 Å². The second-order valence-electron chi connectivity index (χ2n) is 13.0. The first-order chi connectivity index (χ1) is 23.3. The van der Waals surface area contributed by atoms with E-state index in [4.69, 9.17) is 9.79 Å². The maximum Gasteiger partial charge on any atom is 0.524 e. The van der Waals surface area contributed by atoms with Gasteiger partial charge in [0, 0.05) is 19.9 Å². The van der Waals surface area contributed by atoms with Gasteiger partial charge in [0.2, 0.25) is 29.5 Å². The summed E-state index contributed by atoms with van der Waals surface area (Å²) in [7, 11) is -4.77. The number of thioether (sulfide) groups is 1. The quantitative estimate of drug-likeness (QED) is 0.0990. The fourth-order valence-corrected chi connectivity index (χ4v) is 6.37. The lowest BCUT2D eigenvalue weighted by Gasteiger charge is -2.32. The van der Waals surface area contributed by atoms with Crippen molar-refractivity contribution in [3.8, 4) is 5.75 Å². The van der Waals surface area contributed by atoms with E-state index in [1.807, 2.05) is 20.1 Å². The molecule has 1 aliphatic heterocycles.